The Hall–Kier alpha value is -0.810. The SMILES string of the molecule is O=[N+]([O-])c1cc(Cl)ccc1OCC1(CBr)CCCC1. The van der Waals surface area contributed by atoms with Gasteiger partial charge in [0.15, 0.2) is 5.75 Å². The van der Waals surface area contributed by atoms with Crippen LogP contribution in [0.15, 0.2) is 18.2 Å². The molecule has 0 atom stereocenters. The predicted octanol–water partition coefficient (Wildman–Crippen LogP) is 4.58. The summed E-state index contributed by atoms with van der Waals surface area (Å²) in [5.74, 6) is 0.293. The lowest BCUT2D eigenvalue weighted by Crippen LogP contribution is -2.27. The van der Waals surface area contributed by atoms with Gasteiger partial charge in [0, 0.05) is 21.8 Å². The predicted molar refractivity (Wildman–Crippen MR) is 78.3 cm³/mol. The van der Waals surface area contributed by atoms with Crippen LogP contribution in [0.4, 0.5) is 5.69 Å². The van der Waals surface area contributed by atoms with E-state index in [9.17, 15) is 10.1 Å². The van der Waals surface area contributed by atoms with E-state index in [-0.39, 0.29) is 11.1 Å². The highest BCUT2D eigenvalue weighted by Gasteiger charge is 2.34. The Morgan fingerprint density at radius 2 is 2.11 bits per heavy atom. The lowest BCUT2D eigenvalue weighted by molar-refractivity contribution is -0.385. The van der Waals surface area contributed by atoms with Crippen molar-refractivity contribution in [2.45, 2.75) is 25.7 Å². The fraction of sp³-hybridized carbons (Fsp3) is 0.538. The van der Waals surface area contributed by atoms with Gasteiger partial charge in [0.1, 0.15) is 0 Å². The van der Waals surface area contributed by atoms with Gasteiger partial charge < -0.3 is 4.74 Å². The molecule has 19 heavy (non-hydrogen) atoms. The third-order valence-electron chi connectivity index (χ3n) is 3.60. The van der Waals surface area contributed by atoms with Gasteiger partial charge in [0.25, 0.3) is 0 Å². The third kappa shape index (κ3) is 3.39. The molecule has 1 aliphatic rings. The van der Waals surface area contributed by atoms with Crippen LogP contribution in [0, 0.1) is 15.5 Å². The fourth-order valence-electron chi connectivity index (χ4n) is 2.43. The van der Waals surface area contributed by atoms with Gasteiger partial charge in [0.05, 0.1) is 11.5 Å². The first-order valence-electron chi connectivity index (χ1n) is 6.19. The number of nitrogens with zero attached hydrogens (tertiary/aromatic N) is 1. The molecule has 0 aromatic heterocycles. The Morgan fingerprint density at radius 3 is 2.68 bits per heavy atom. The Morgan fingerprint density at radius 1 is 1.42 bits per heavy atom. The summed E-state index contributed by atoms with van der Waals surface area (Å²) in [6, 6.07) is 4.50. The molecule has 0 amide bonds. The molecule has 0 aliphatic heterocycles. The van der Waals surface area contributed by atoms with Crippen LogP contribution in [-0.2, 0) is 0 Å². The van der Waals surface area contributed by atoms with Gasteiger partial charge in [-0.15, -0.1) is 0 Å². The van der Waals surface area contributed by atoms with Crippen molar-refractivity contribution in [2.24, 2.45) is 5.41 Å². The molecule has 1 fully saturated rings. The number of halogens is 2. The van der Waals surface area contributed by atoms with Crippen molar-refractivity contribution < 1.29 is 9.66 Å². The zero-order valence-electron chi connectivity index (χ0n) is 10.4. The number of nitro benzene ring substituents is 1. The molecule has 0 bridgehead atoms. The summed E-state index contributed by atoms with van der Waals surface area (Å²) in [7, 11) is 0. The van der Waals surface area contributed by atoms with E-state index in [0.29, 0.717) is 17.4 Å². The summed E-state index contributed by atoms with van der Waals surface area (Å²) in [6.07, 6.45) is 4.58. The molecule has 1 saturated carbocycles. The first-order valence-corrected chi connectivity index (χ1v) is 7.69. The molecule has 104 valence electrons. The lowest BCUT2D eigenvalue weighted by atomic mass is 9.90. The van der Waals surface area contributed by atoms with Gasteiger partial charge in [-0.3, -0.25) is 10.1 Å². The number of nitro groups is 1. The zero-order valence-corrected chi connectivity index (χ0v) is 12.7. The molecule has 0 heterocycles. The van der Waals surface area contributed by atoms with Gasteiger partial charge in [-0.25, -0.2) is 0 Å². The number of hydrogen-bond donors (Lipinski definition) is 0. The second-order valence-corrected chi connectivity index (χ2v) is 6.00. The van der Waals surface area contributed by atoms with Crippen molar-refractivity contribution in [1.29, 1.82) is 0 Å². The van der Waals surface area contributed by atoms with E-state index in [0.717, 1.165) is 18.2 Å². The van der Waals surface area contributed by atoms with Crippen molar-refractivity contribution in [3.05, 3.63) is 33.3 Å². The number of rotatable bonds is 5. The molecule has 0 spiro atoms. The van der Waals surface area contributed by atoms with Gasteiger partial charge in [-0.1, -0.05) is 40.4 Å². The molecule has 0 N–H and O–H groups in total. The molecule has 4 nitrogen and oxygen atoms in total. The topological polar surface area (TPSA) is 52.4 Å². The zero-order chi connectivity index (χ0) is 13.9. The van der Waals surface area contributed by atoms with Crippen molar-refractivity contribution in [3.8, 4) is 5.75 Å². The van der Waals surface area contributed by atoms with Crippen LogP contribution < -0.4 is 4.74 Å². The van der Waals surface area contributed by atoms with Gasteiger partial charge in [-0.2, -0.15) is 0 Å². The monoisotopic (exact) mass is 347 g/mol. The minimum absolute atomic E-state index is 0.0739. The molecular formula is C13H15BrClNO3. The summed E-state index contributed by atoms with van der Waals surface area (Å²) in [6.45, 7) is 0.501. The van der Waals surface area contributed by atoms with E-state index in [2.05, 4.69) is 15.9 Å². The van der Waals surface area contributed by atoms with Crippen molar-refractivity contribution in [1.82, 2.24) is 0 Å². The average molecular weight is 349 g/mol. The van der Waals surface area contributed by atoms with Crippen molar-refractivity contribution in [3.63, 3.8) is 0 Å². The smallest absolute Gasteiger partial charge is 0.312 e. The molecule has 0 unspecified atom stereocenters. The quantitative estimate of drug-likeness (QED) is 0.444. The maximum atomic E-state index is 11.0. The molecule has 6 heteroatoms. The van der Waals surface area contributed by atoms with E-state index in [1.165, 1.54) is 18.9 Å². The van der Waals surface area contributed by atoms with E-state index >= 15 is 0 Å². The second-order valence-electron chi connectivity index (χ2n) is 5.00. The molecule has 0 saturated heterocycles. The summed E-state index contributed by atoms with van der Waals surface area (Å²) < 4.78 is 5.70. The number of ether oxygens (including phenoxy) is 1. The average Bonchev–Trinajstić information content (AvgIpc) is 2.86. The van der Waals surface area contributed by atoms with Crippen LogP contribution in [0.3, 0.4) is 0 Å². The van der Waals surface area contributed by atoms with E-state index in [1.807, 2.05) is 0 Å². The number of alkyl halides is 1. The number of hydrogen-bond acceptors (Lipinski definition) is 3. The van der Waals surface area contributed by atoms with Crippen LogP contribution in [0.25, 0.3) is 0 Å². The Balaban J connectivity index is 2.13. The second kappa shape index (κ2) is 6.09. The van der Waals surface area contributed by atoms with Crippen LogP contribution in [0.1, 0.15) is 25.7 Å². The third-order valence-corrected chi connectivity index (χ3v) is 5.02. The summed E-state index contributed by atoms with van der Waals surface area (Å²) in [5, 5.41) is 12.2. The van der Waals surface area contributed by atoms with Crippen molar-refractivity contribution >= 4 is 33.2 Å². The minimum Gasteiger partial charge on any atom is -0.486 e. The number of benzene rings is 1. The maximum Gasteiger partial charge on any atom is 0.312 e. The molecule has 0 radical (unpaired) electrons. The summed E-state index contributed by atoms with van der Waals surface area (Å²) >= 11 is 9.31. The first-order chi connectivity index (χ1) is 9.06. The molecule has 1 aromatic carbocycles. The highest BCUT2D eigenvalue weighted by Crippen LogP contribution is 2.41. The van der Waals surface area contributed by atoms with Crippen LogP contribution >= 0.6 is 27.5 Å². The molecule has 1 aromatic rings. The van der Waals surface area contributed by atoms with Gasteiger partial charge in [-0.05, 0) is 25.0 Å². The molecule has 1 aliphatic carbocycles. The Kier molecular flexibility index (Phi) is 4.68. The van der Waals surface area contributed by atoms with Gasteiger partial charge >= 0.3 is 5.69 Å². The van der Waals surface area contributed by atoms with E-state index in [1.54, 1.807) is 12.1 Å². The maximum absolute atomic E-state index is 11.0. The van der Waals surface area contributed by atoms with Crippen LogP contribution in [-0.4, -0.2) is 16.9 Å². The molecule has 2 rings (SSSR count). The van der Waals surface area contributed by atoms with E-state index < -0.39 is 4.92 Å². The first kappa shape index (κ1) is 14.6. The Bertz CT molecular complexity index is 475. The van der Waals surface area contributed by atoms with Crippen molar-refractivity contribution in [2.75, 3.05) is 11.9 Å². The fourth-order valence-corrected chi connectivity index (χ4v) is 3.32. The Labute approximate surface area is 125 Å². The standard InChI is InChI=1S/C13H15BrClNO3/c14-8-13(5-1-2-6-13)9-19-12-4-3-10(15)7-11(12)16(17)18/h3-4,7H,1-2,5-6,8-9H2. The van der Waals surface area contributed by atoms with Crippen LogP contribution in [0.2, 0.25) is 5.02 Å². The highest BCUT2D eigenvalue weighted by molar-refractivity contribution is 9.09. The highest BCUT2D eigenvalue weighted by atomic mass is 79.9. The largest absolute Gasteiger partial charge is 0.486 e. The molecular weight excluding hydrogens is 334 g/mol. The van der Waals surface area contributed by atoms with Crippen LogP contribution in [0.5, 0.6) is 5.75 Å². The minimum atomic E-state index is -0.462. The summed E-state index contributed by atoms with van der Waals surface area (Å²) in [4.78, 5) is 10.5. The lowest BCUT2D eigenvalue weighted by Gasteiger charge is -2.26. The van der Waals surface area contributed by atoms with Gasteiger partial charge in [0.2, 0.25) is 0 Å². The van der Waals surface area contributed by atoms with E-state index in [4.69, 9.17) is 16.3 Å². The summed E-state index contributed by atoms with van der Waals surface area (Å²) in [5.41, 5.74) is 0.0308. The normalized spacial score (nSPS) is 17.4.